The Hall–Kier alpha value is -4.98. The van der Waals surface area contributed by atoms with Crippen molar-refractivity contribution in [1.82, 2.24) is 4.57 Å². The van der Waals surface area contributed by atoms with Gasteiger partial charge in [0, 0.05) is 41.2 Å². The summed E-state index contributed by atoms with van der Waals surface area (Å²) in [6, 6.07) is 13.2. The number of rotatable bonds is 7. The summed E-state index contributed by atoms with van der Waals surface area (Å²) < 4.78 is 101. The minimum absolute atomic E-state index is 0.0100. The van der Waals surface area contributed by atoms with Crippen LogP contribution >= 0.6 is 0 Å². The van der Waals surface area contributed by atoms with Crippen molar-refractivity contribution in [3.8, 4) is 11.1 Å². The lowest BCUT2D eigenvalue weighted by molar-refractivity contribution is 0.102. The highest BCUT2D eigenvalue weighted by molar-refractivity contribution is 7.90. The van der Waals surface area contributed by atoms with Crippen molar-refractivity contribution in [3.63, 3.8) is 0 Å². The number of fused-ring (bicyclic) bond motifs is 2. The molecule has 1 atom stereocenters. The van der Waals surface area contributed by atoms with E-state index in [0.29, 0.717) is 0 Å². The third-order valence-electron chi connectivity index (χ3n) is 8.71. The number of nitrogens with one attached hydrogen (secondary N) is 1. The van der Waals surface area contributed by atoms with E-state index in [1.165, 1.54) is 49.5 Å². The van der Waals surface area contributed by atoms with E-state index < -0.39 is 85.4 Å². The molecule has 49 heavy (non-hydrogen) atoms. The Bertz CT molecular complexity index is 2680. The average Bonchev–Trinajstić information content (AvgIpc) is 3.01. The van der Waals surface area contributed by atoms with Gasteiger partial charge in [0.2, 0.25) is 0 Å². The van der Waals surface area contributed by atoms with Crippen LogP contribution in [-0.4, -0.2) is 59.8 Å². The van der Waals surface area contributed by atoms with Crippen LogP contribution in [0.15, 0.2) is 92.7 Å². The third kappa shape index (κ3) is 5.29. The number of carbonyl (C=O) groups is 2. The van der Waals surface area contributed by atoms with Gasteiger partial charge in [-0.1, -0.05) is 36.4 Å². The SMILES string of the molecule is Cn1c(=O)c(C(=O)c2cccc(S(=O)(=O)O)c2)c2c3c(c(NC4=C(S(=O)(=O)O)CC(C)(S(=O)(=O)O)C(N)=C4)ccc31)C(=O)c1ccccc1-2. The number of hydrogen-bond donors (Lipinski definition) is 5. The number of ketones is 2. The van der Waals surface area contributed by atoms with Gasteiger partial charge in [0.05, 0.1) is 37.8 Å². The Morgan fingerprint density at radius 1 is 0.878 bits per heavy atom. The molecule has 254 valence electrons. The van der Waals surface area contributed by atoms with E-state index >= 15 is 0 Å². The Morgan fingerprint density at radius 3 is 2.14 bits per heavy atom. The molecule has 4 aromatic rings. The van der Waals surface area contributed by atoms with Crippen LogP contribution < -0.4 is 16.6 Å². The van der Waals surface area contributed by atoms with E-state index in [2.05, 4.69) is 5.32 Å². The molecular weight excluding hydrogens is 703 g/mol. The van der Waals surface area contributed by atoms with E-state index in [0.717, 1.165) is 29.7 Å². The van der Waals surface area contributed by atoms with E-state index in [9.17, 15) is 53.3 Å². The van der Waals surface area contributed by atoms with Gasteiger partial charge in [0.15, 0.2) is 11.6 Å². The number of nitrogens with two attached hydrogens (primary N) is 1. The molecule has 2 aliphatic carbocycles. The fraction of sp³-hybridized carbons (Fsp3) is 0.129. The first-order chi connectivity index (χ1) is 22.7. The van der Waals surface area contributed by atoms with E-state index in [1.54, 1.807) is 6.07 Å². The summed E-state index contributed by atoms with van der Waals surface area (Å²) in [5, 5.41) is 2.83. The molecule has 1 unspecified atom stereocenters. The summed E-state index contributed by atoms with van der Waals surface area (Å²) in [6.45, 7) is 0.966. The molecule has 0 saturated heterocycles. The molecule has 18 heteroatoms. The molecule has 1 aromatic heterocycles. The van der Waals surface area contributed by atoms with Gasteiger partial charge >= 0.3 is 0 Å². The number of allylic oxidation sites excluding steroid dienone is 2. The van der Waals surface area contributed by atoms with Crippen molar-refractivity contribution in [1.29, 1.82) is 0 Å². The molecule has 1 heterocycles. The second-order valence-electron chi connectivity index (χ2n) is 11.6. The lowest BCUT2D eigenvalue weighted by Gasteiger charge is -2.32. The summed E-state index contributed by atoms with van der Waals surface area (Å²) in [4.78, 5) is 40.7. The molecule has 15 nitrogen and oxygen atoms in total. The first kappa shape index (κ1) is 33.9. The minimum Gasteiger partial charge on any atom is -0.401 e. The molecule has 6 rings (SSSR count). The van der Waals surface area contributed by atoms with Crippen LogP contribution in [0, 0.1) is 0 Å². The van der Waals surface area contributed by atoms with Gasteiger partial charge in [-0.2, -0.15) is 25.3 Å². The zero-order valence-corrected chi connectivity index (χ0v) is 27.8. The molecule has 0 spiro atoms. The van der Waals surface area contributed by atoms with Crippen LogP contribution in [0.3, 0.4) is 0 Å². The van der Waals surface area contributed by atoms with Crippen molar-refractivity contribution in [2.24, 2.45) is 12.8 Å². The maximum Gasteiger partial charge on any atom is 0.294 e. The monoisotopic (exact) mass is 727 g/mol. The van der Waals surface area contributed by atoms with Gasteiger partial charge in [0.1, 0.15) is 4.75 Å². The second kappa shape index (κ2) is 11.0. The van der Waals surface area contributed by atoms with Gasteiger partial charge in [-0.25, -0.2) is 0 Å². The van der Waals surface area contributed by atoms with Crippen molar-refractivity contribution >= 4 is 58.5 Å². The first-order valence-electron chi connectivity index (χ1n) is 14.0. The molecule has 2 aliphatic rings. The lowest BCUT2D eigenvalue weighted by Crippen LogP contribution is -2.44. The van der Waals surface area contributed by atoms with Crippen molar-refractivity contribution < 1.29 is 48.5 Å². The predicted octanol–water partition coefficient (Wildman–Crippen LogP) is 2.63. The highest BCUT2D eigenvalue weighted by Gasteiger charge is 2.47. The minimum atomic E-state index is -5.14. The fourth-order valence-electron chi connectivity index (χ4n) is 6.04. The first-order valence-corrected chi connectivity index (χ1v) is 18.4. The fourth-order valence-corrected chi connectivity index (χ4v) is 8.20. The zero-order valence-electron chi connectivity index (χ0n) is 25.3. The number of aromatic nitrogens is 1. The molecule has 6 N–H and O–H groups in total. The Balaban J connectivity index is 1.67. The largest absolute Gasteiger partial charge is 0.401 e. The summed E-state index contributed by atoms with van der Waals surface area (Å²) in [7, 11) is -13.5. The zero-order chi connectivity index (χ0) is 36.0. The average molecular weight is 728 g/mol. The Kier molecular flexibility index (Phi) is 7.63. The lowest BCUT2D eigenvalue weighted by atomic mass is 9.80. The molecule has 0 fully saturated rings. The predicted molar refractivity (Wildman–Crippen MR) is 177 cm³/mol. The quantitative estimate of drug-likeness (QED) is 0.119. The van der Waals surface area contributed by atoms with Crippen LogP contribution in [0.1, 0.15) is 45.2 Å². The van der Waals surface area contributed by atoms with Crippen LogP contribution in [0.5, 0.6) is 0 Å². The number of nitrogens with zero attached hydrogens (tertiary/aromatic N) is 1. The van der Waals surface area contributed by atoms with Crippen LogP contribution in [0.4, 0.5) is 5.69 Å². The molecular formula is C31H25N3O12S3. The van der Waals surface area contributed by atoms with E-state index in [-0.39, 0.29) is 44.4 Å². The van der Waals surface area contributed by atoms with Crippen LogP contribution in [0.2, 0.25) is 0 Å². The van der Waals surface area contributed by atoms with Crippen molar-refractivity contribution in [2.75, 3.05) is 5.32 Å². The molecule has 0 saturated carbocycles. The van der Waals surface area contributed by atoms with Crippen molar-refractivity contribution in [2.45, 2.75) is 23.0 Å². The highest BCUT2D eigenvalue weighted by atomic mass is 32.2. The number of pyridine rings is 1. The van der Waals surface area contributed by atoms with E-state index in [1.807, 2.05) is 0 Å². The maximum atomic E-state index is 14.2. The van der Waals surface area contributed by atoms with Gasteiger partial charge in [0.25, 0.3) is 35.9 Å². The Labute approximate surface area is 278 Å². The third-order valence-corrected chi connectivity index (χ3v) is 12.1. The number of benzene rings is 3. The standard InChI is InChI=1S/C31H25N3O12S3/c1-31(49(44,45)46)14-22(48(41,42)43)20(13-23(31)32)33-19-10-11-21-26-24(17-8-3-4-9-18(17)29(36)25(19)26)27(30(37)34(21)2)28(35)15-6-5-7-16(12-15)47(38,39)40/h3-13,33H,14,32H2,1-2H3,(H,38,39,40)(H,41,42,43)(H,44,45,46). The van der Waals surface area contributed by atoms with Gasteiger partial charge in [-0.3, -0.25) is 28.0 Å². The number of aryl methyl sites for hydroxylation is 1. The maximum absolute atomic E-state index is 14.2. The summed E-state index contributed by atoms with van der Waals surface area (Å²) >= 11 is 0. The summed E-state index contributed by atoms with van der Waals surface area (Å²) in [5.41, 5.74) is 3.77. The number of anilines is 1. The van der Waals surface area contributed by atoms with Crippen molar-refractivity contribution in [3.05, 3.63) is 116 Å². The topological polar surface area (TPSA) is 257 Å². The molecule has 3 aromatic carbocycles. The van der Waals surface area contributed by atoms with Gasteiger partial charge in [-0.15, -0.1) is 0 Å². The Morgan fingerprint density at radius 2 is 1.53 bits per heavy atom. The smallest absolute Gasteiger partial charge is 0.294 e. The molecule has 0 aliphatic heterocycles. The highest BCUT2D eigenvalue weighted by Crippen LogP contribution is 2.45. The second-order valence-corrected chi connectivity index (χ2v) is 16.3. The van der Waals surface area contributed by atoms with Crippen LogP contribution in [0.25, 0.3) is 22.0 Å². The number of hydrogen-bond acceptors (Lipinski definition) is 11. The number of carbonyl (C=O) groups excluding carboxylic acids is 2. The van der Waals surface area contributed by atoms with Gasteiger partial charge < -0.3 is 15.6 Å². The normalized spacial score (nSPS) is 17.9. The van der Waals surface area contributed by atoms with Crippen LogP contribution in [-0.2, 0) is 37.4 Å². The summed E-state index contributed by atoms with van der Waals surface area (Å²) in [6.07, 6.45) is -0.0899. The van der Waals surface area contributed by atoms with E-state index in [4.69, 9.17) is 5.73 Å². The summed E-state index contributed by atoms with van der Waals surface area (Å²) in [5.74, 6) is -1.55. The molecule has 0 amide bonds. The van der Waals surface area contributed by atoms with Gasteiger partial charge in [-0.05, 0) is 42.8 Å². The molecule has 0 bridgehead atoms. The molecule has 0 radical (unpaired) electrons.